The maximum atomic E-state index is 11.2. The highest BCUT2D eigenvalue weighted by atomic mass is 16.7. The monoisotopic (exact) mass is 211 g/mol. The first-order valence-electron chi connectivity index (χ1n) is 4.65. The minimum atomic E-state index is -0.635. The van der Waals surface area contributed by atoms with Crippen LogP contribution in [0.15, 0.2) is 10.9 Å². The Morgan fingerprint density at radius 2 is 2.40 bits per heavy atom. The predicted octanol–water partition coefficient (Wildman–Crippen LogP) is 0.176. The van der Waals surface area contributed by atoms with E-state index in [1.165, 1.54) is 6.07 Å². The van der Waals surface area contributed by atoms with E-state index < -0.39 is 5.79 Å². The average molecular weight is 211 g/mol. The molecular formula is C9H13N3O3. The zero-order valence-electron chi connectivity index (χ0n) is 8.61. The van der Waals surface area contributed by atoms with Crippen molar-refractivity contribution in [2.45, 2.75) is 25.7 Å². The number of hydrogen-bond donors (Lipinski definition) is 2. The van der Waals surface area contributed by atoms with Crippen molar-refractivity contribution in [3.05, 3.63) is 22.1 Å². The number of rotatable bonds is 1. The summed E-state index contributed by atoms with van der Waals surface area (Å²) in [7, 11) is 0. The number of anilines is 1. The van der Waals surface area contributed by atoms with Crippen LogP contribution in [0, 0.1) is 0 Å². The number of hydrogen-bond acceptors (Lipinski definition) is 5. The van der Waals surface area contributed by atoms with Crippen LogP contribution in [0.4, 0.5) is 5.95 Å². The fourth-order valence-corrected chi connectivity index (χ4v) is 1.49. The molecular weight excluding hydrogens is 198 g/mol. The zero-order valence-corrected chi connectivity index (χ0v) is 8.61. The number of H-pyrrole nitrogens is 1. The van der Waals surface area contributed by atoms with E-state index in [4.69, 9.17) is 15.2 Å². The SMILES string of the molecule is CC1(C)OCC(c2cc(=O)[nH]c(N)n2)O1. The predicted molar refractivity (Wildman–Crippen MR) is 53.1 cm³/mol. The minimum absolute atomic E-state index is 0.0887. The Hall–Kier alpha value is -1.40. The van der Waals surface area contributed by atoms with Crippen LogP contribution in [-0.4, -0.2) is 22.4 Å². The molecule has 0 saturated carbocycles. The van der Waals surface area contributed by atoms with Crippen LogP contribution < -0.4 is 11.3 Å². The number of nitrogen functional groups attached to an aromatic ring is 1. The Balaban J connectivity index is 2.28. The molecule has 0 amide bonds. The molecule has 1 unspecified atom stereocenters. The van der Waals surface area contributed by atoms with E-state index in [1.807, 2.05) is 13.8 Å². The molecule has 0 aromatic carbocycles. The van der Waals surface area contributed by atoms with Gasteiger partial charge in [0.2, 0.25) is 5.95 Å². The second-order valence-corrected chi connectivity index (χ2v) is 3.87. The summed E-state index contributed by atoms with van der Waals surface area (Å²) in [6.45, 7) is 4.00. The molecule has 2 heterocycles. The average Bonchev–Trinajstić information content (AvgIpc) is 2.44. The molecule has 0 radical (unpaired) electrons. The largest absolute Gasteiger partial charge is 0.369 e. The van der Waals surface area contributed by atoms with Gasteiger partial charge in [-0.15, -0.1) is 0 Å². The lowest BCUT2D eigenvalue weighted by Gasteiger charge is -2.16. The fraction of sp³-hybridized carbons (Fsp3) is 0.556. The summed E-state index contributed by atoms with van der Waals surface area (Å²) in [6.07, 6.45) is -0.329. The van der Waals surface area contributed by atoms with E-state index in [0.29, 0.717) is 12.3 Å². The first kappa shape index (κ1) is 10.1. The van der Waals surface area contributed by atoms with Crippen LogP contribution in [0.3, 0.4) is 0 Å². The van der Waals surface area contributed by atoms with Crippen molar-refractivity contribution in [3.63, 3.8) is 0 Å². The fourth-order valence-electron chi connectivity index (χ4n) is 1.49. The second kappa shape index (κ2) is 3.32. The Morgan fingerprint density at radius 1 is 1.67 bits per heavy atom. The Morgan fingerprint density at radius 3 is 2.93 bits per heavy atom. The number of nitrogens with one attached hydrogen (secondary N) is 1. The number of aromatic nitrogens is 2. The van der Waals surface area contributed by atoms with Crippen molar-refractivity contribution in [2.75, 3.05) is 12.3 Å². The molecule has 82 valence electrons. The minimum Gasteiger partial charge on any atom is -0.369 e. The van der Waals surface area contributed by atoms with Gasteiger partial charge in [-0.05, 0) is 13.8 Å². The molecule has 1 saturated heterocycles. The van der Waals surface area contributed by atoms with E-state index in [0.717, 1.165) is 0 Å². The van der Waals surface area contributed by atoms with Gasteiger partial charge in [-0.2, -0.15) is 0 Å². The molecule has 6 heteroatoms. The van der Waals surface area contributed by atoms with Gasteiger partial charge in [0.25, 0.3) is 5.56 Å². The molecule has 15 heavy (non-hydrogen) atoms. The summed E-state index contributed by atoms with van der Waals surface area (Å²) in [5, 5.41) is 0. The lowest BCUT2D eigenvalue weighted by Crippen LogP contribution is -2.20. The maximum Gasteiger partial charge on any atom is 0.252 e. The van der Waals surface area contributed by atoms with Crippen LogP contribution in [-0.2, 0) is 9.47 Å². The smallest absolute Gasteiger partial charge is 0.252 e. The summed E-state index contributed by atoms with van der Waals surface area (Å²) in [5.74, 6) is -0.546. The van der Waals surface area contributed by atoms with Crippen molar-refractivity contribution in [1.29, 1.82) is 0 Å². The first-order chi connectivity index (χ1) is 6.96. The molecule has 1 fully saturated rings. The molecule has 1 atom stereocenters. The van der Waals surface area contributed by atoms with Crippen LogP contribution in [0.25, 0.3) is 0 Å². The topological polar surface area (TPSA) is 90.2 Å². The third-order valence-corrected chi connectivity index (χ3v) is 2.12. The van der Waals surface area contributed by atoms with Crippen molar-refractivity contribution in [3.8, 4) is 0 Å². The van der Waals surface area contributed by atoms with E-state index >= 15 is 0 Å². The van der Waals surface area contributed by atoms with Gasteiger partial charge >= 0.3 is 0 Å². The Labute approximate surface area is 86.4 Å². The second-order valence-electron chi connectivity index (χ2n) is 3.87. The van der Waals surface area contributed by atoms with Gasteiger partial charge in [0.1, 0.15) is 6.10 Å². The lowest BCUT2D eigenvalue weighted by molar-refractivity contribution is -0.139. The summed E-state index contributed by atoms with van der Waals surface area (Å²) >= 11 is 0. The number of ether oxygens (including phenoxy) is 2. The van der Waals surface area contributed by atoms with Gasteiger partial charge in [-0.3, -0.25) is 9.78 Å². The highest BCUT2D eigenvalue weighted by molar-refractivity contribution is 5.19. The number of nitrogens with two attached hydrogens (primary N) is 1. The Bertz CT molecular complexity index is 427. The van der Waals surface area contributed by atoms with Crippen LogP contribution in [0.2, 0.25) is 0 Å². The molecule has 1 aliphatic heterocycles. The van der Waals surface area contributed by atoms with Gasteiger partial charge in [-0.1, -0.05) is 0 Å². The summed E-state index contributed by atoms with van der Waals surface area (Å²) in [6, 6.07) is 1.37. The molecule has 1 aromatic rings. The van der Waals surface area contributed by atoms with Gasteiger partial charge in [-0.25, -0.2) is 4.98 Å². The maximum absolute atomic E-state index is 11.2. The summed E-state index contributed by atoms with van der Waals surface area (Å²) in [4.78, 5) is 17.5. The summed E-state index contributed by atoms with van der Waals surface area (Å²) in [5.41, 5.74) is 5.65. The van der Waals surface area contributed by atoms with E-state index in [1.54, 1.807) is 0 Å². The molecule has 2 rings (SSSR count). The normalized spacial score (nSPS) is 24.3. The van der Waals surface area contributed by atoms with Crippen molar-refractivity contribution in [2.24, 2.45) is 0 Å². The molecule has 6 nitrogen and oxygen atoms in total. The molecule has 1 aromatic heterocycles. The van der Waals surface area contributed by atoms with Crippen molar-refractivity contribution >= 4 is 5.95 Å². The van der Waals surface area contributed by atoms with Crippen LogP contribution in [0.5, 0.6) is 0 Å². The van der Waals surface area contributed by atoms with Gasteiger partial charge in [0.05, 0.1) is 12.3 Å². The van der Waals surface area contributed by atoms with Crippen molar-refractivity contribution in [1.82, 2.24) is 9.97 Å². The first-order valence-corrected chi connectivity index (χ1v) is 4.65. The van der Waals surface area contributed by atoms with E-state index in [9.17, 15) is 4.79 Å². The molecule has 3 N–H and O–H groups in total. The number of aromatic amines is 1. The quantitative estimate of drug-likeness (QED) is 0.691. The molecule has 0 spiro atoms. The standard InChI is InChI=1S/C9H13N3O3/c1-9(2)14-4-6(15-9)5-3-7(13)12-8(10)11-5/h3,6H,4H2,1-2H3,(H3,10,11,12,13). The summed E-state index contributed by atoms with van der Waals surface area (Å²) < 4.78 is 10.9. The third kappa shape index (κ3) is 2.16. The number of nitrogens with zero attached hydrogens (tertiary/aromatic N) is 1. The highest BCUT2D eigenvalue weighted by Gasteiger charge is 2.34. The molecule has 1 aliphatic rings. The molecule has 0 bridgehead atoms. The van der Waals surface area contributed by atoms with Crippen molar-refractivity contribution < 1.29 is 9.47 Å². The van der Waals surface area contributed by atoms with Gasteiger partial charge in [0.15, 0.2) is 5.79 Å². The van der Waals surface area contributed by atoms with E-state index in [-0.39, 0.29) is 17.6 Å². The van der Waals surface area contributed by atoms with Gasteiger partial charge < -0.3 is 15.2 Å². The highest BCUT2D eigenvalue weighted by Crippen LogP contribution is 2.31. The third-order valence-electron chi connectivity index (χ3n) is 2.12. The molecule has 0 aliphatic carbocycles. The zero-order chi connectivity index (χ0) is 11.1. The van der Waals surface area contributed by atoms with Gasteiger partial charge in [0, 0.05) is 6.07 Å². The van der Waals surface area contributed by atoms with Crippen LogP contribution in [0.1, 0.15) is 25.6 Å². The van der Waals surface area contributed by atoms with E-state index in [2.05, 4.69) is 9.97 Å². The lowest BCUT2D eigenvalue weighted by atomic mass is 10.2. The Kier molecular flexibility index (Phi) is 2.24. The van der Waals surface area contributed by atoms with Crippen LogP contribution >= 0.6 is 0 Å².